The van der Waals surface area contributed by atoms with Crippen LogP contribution in [0.5, 0.6) is 0 Å². The summed E-state index contributed by atoms with van der Waals surface area (Å²) in [6.45, 7) is 3.49. The lowest BCUT2D eigenvalue weighted by Crippen LogP contribution is -2.57. The van der Waals surface area contributed by atoms with E-state index in [-0.39, 0.29) is 5.97 Å². The van der Waals surface area contributed by atoms with Crippen molar-refractivity contribution < 1.29 is 14.3 Å². The minimum Gasteiger partial charge on any atom is -0.465 e. The van der Waals surface area contributed by atoms with Gasteiger partial charge in [-0.1, -0.05) is 24.3 Å². The van der Waals surface area contributed by atoms with Crippen LogP contribution in [-0.2, 0) is 27.1 Å². The minimum atomic E-state index is -0.608. The largest absolute Gasteiger partial charge is 0.465 e. The average Bonchev–Trinajstić information content (AvgIpc) is 2.47. The Morgan fingerprint density at radius 1 is 1.35 bits per heavy atom. The van der Waals surface area contributed by atoms with E-state index in [0.717, 1.165) is 12.8 Å². The summed E-state index contributed by atoms with van der Waals surface area (Å²) in [6.07, 6.45) is 2.35. The molecule has 1 unspecified atom stereocenters. The van der Waals surface area contributed by atoms with Gasteiger partial charge in [0, 0.05) is 20.1 Å². The summed E-state index contributed by atoms with van der Waals surface area (Å²) in [5.41, 5.74) is 1.96. The smallest absolute Gasteiger partial charge is 0.326 e. The molecule has 0 saturated carbocycles. The highest BCUT2D eigenvalue weighted by molar-refractivity contribution is 5.82. The Morgan fingerprint density at radius 2 is 2.10 bits per heavy atom. The number of carbonyl (C=O) groups is 1. The molecule has 1 aromatic rings. The van der Waals surface area contributed by atoms with Crippen LogP contribution in [0.15, 0.2) is 24.3 Å². The second-order valence-electron chi connectivity index (χ2n) is 5.17. The third-order valence-corrected chi connectivity index (χ3v) is 3.87. The quantitative estimate of drug-likeness (QED) is 0.635. The second kappa shape index (κ2) is 6.86. The Labute approximate surface area is 120 Å². The Kier molecular flexibility index (Phi) is 5.15. The van der Waals surface area contributed by atoms with Gasteiger partial charge in [-0.3, -0.25) is 10.1 Å². The Bertz CT molecular complexity index is 461. The van der Waals surface area contributed by atoms with Gasteiger partial charge < -0.3 is 9.47 Å². The van der Waals surface area contributed by atoms with E-state index in [1.807, 2.05) is 13.0 Å². The summed E-state index contributed by atoms with van der Waals surface area (Å²) in [4.78, 5) is 12.4. The lowest BCUT2D eigenvalue weighted by atomic mass is 9.78. The van der Waals surface area contributed by atoms with Crippen molar-refractivity contribution in [3.05, 3.63) is 35.4 Å². The molecule has 0 fully saturated rings. The first-order valence-corrected chi connectivity index (χ1v) is 7.20. The third kappa shape index (κ3) is 3.19. The molecular formula is C16H23NO3. The van der Waals surface area contributed by atoms with Crippen LogP contribution in [0.1, 0.15) is 24.5 Å². The van der Waals surface area contributed by atoms with Crippen molar-refractivity contribution in [2.45, 2.75) is 31.7 Å². The van der Waals surface area contributed by atoms with Crippen LogP contribution in [0.2, 0.25) is 0 Å². The van der Waals surface area contributed by atoms with Crippen LogP contribution in [-0.4, -0.2) is 38.4 Å². The Morgan fingerprint density at radius 3 is 2.80 bits per heavy atom. The van der Waals surface area contributed by atoms with E-state index in [4.69, 9.17) is 9.47 Å². The fourth-order valence-electron chi connectivity index (χ4n) is 2.79. The Hall–Kier alpha value is -1.39. The molecule has 0 aromatic heterocycles. The van der Waals surface area contributed by atoms with Crippen LogP contribution in [0, 0.1) is 0 Å². The molecule has 1 aromatic carbocycles. The van der Waals surface area contributed by atoms with Crippen LogP contribution >= 0.6 is 0 Å². The first-order chi connectivity index (χ1) is 9.72. The minimum absolute atomic E-state index is 0.148. The van der Waals surface area contributed by atoms with E-state index in [0.29, 0.717) is 26.2 Å². The number of methoxy groups -OCH3 is 1. The van der Waals surface area contributed by atoms with Crippen molar-refractivity contribution in [2.75, 3.05) is 26.9 Å². The number of aryl methyl sites for hydroxylation is 1. The summed E-state index contributed by atoms with van der Waals surface area (Å²) < 4.78 is 10.4. The van der Waals surface area contributed by atoms with Gasteiger partial charge in [-0.2, -0.15) is 0 Å². The Balaban J connectivity index is 2.18. The predicted molar refractivity (Wildman–Crippen MR) is 77.7 cm³/mol. The molecule has 0 radical (unpaired) electrons. The highest BCUT2D eigenvalue weighted by Gasteiger charge is 2.42. The van der Waals surface area contributed by atoms with E-state index < -0.39 is 5.54 Å². The van der Waals surface area contributed by atoms with Crippen molar-refractivity contribution >= 4 is 5.97 Å². The normalized spacial score (nSPS) is 21.3. The van der Waals surface area contributed by atoms with Crippen LogP contribution < -0.4 is 5.32 Å². The molecule has 1 N–H and O–H groups in total. The fourth-order valence-corrected chi connectivity index (χ4v) is 2.79. The van der Waals surface area contributed by atoms with E-state index in [9.17, 15) is 4.79 Å². The fraction of sp³-hybridized carbons (Fsp3) is 0.562. The molecule has 0 spiro atoms. The standard InChI is InChI=1S/C16H23NO3/c1-3-20-15(18)16(17-10-11-19-2)9-8-13-6-4-5-7-14(13)12-16/h4-7,17H,3,8-12H2,1-2H3. The monoisotopic (exact) mass is 277 g/mol. The number of hydrogen-bond donors (Lipinski definition) is 1. The molecule has 20 heavy (non-hydrogen) atoms. The number of hydrogen-bond acceptors (Lipinski definition) is 4. The van der Waals surface area contributed by atoms with Gasteiger partial charge in [-0.05, 0) is 30.9 Å². The number of ether oxygens (including phenoxy) is 2. The zero-order valence-corrected chi connectivity index (χ0v) is 12.3. The van der Waals surface area contributed by atoms with Crippen molar-refractivity contribution in [1.82, 2.24) is 5.32 Å². The molecule has 0 heterocycles. The lowest BCUT2D eigenvalue weighted by molar-refractivity contribution is -0.152. The molecule has 4 heteroatoms. The van der Waals surface area contributed by atoms with Crippen molar-refractivity contribution in [3.8, 4) is 0 Å². The number of nitrogens with one attached hydrogen (secondary N) is 1. The summed E-state index contributed by atoms with van der Waals surface area (Å²) >= 11 is 0. The zero-order valence-electron chi connectivity index (χ0n) is 12.3. The maximum atomic E-state index is 12.4. The van der Waals surface area contributed by atoms with Gasteiger partial charge in [0.25, 0.3) is 0 Å². The van der Waals surface area contributed by atoms with Gasteiger partial charge in [-0.25, -0.2) is 0 Å². The molecule has 110 valence electrons. The zero-order chi connectivity index (χ0) is 14.4. The van der Waals surface area contributed by atoms with Crippen LogP contribution in [0.25, 0.3) is 0 Å². The first-order valence-electron chi connectivity index (χ1n) is 7.20. The van der Waals surface area contributed by atoms with E-state index >= 15 is 0 Å². The molecule has 1 atom stereocenters. The van der Waals surface area contributed by atoms with Crippen molar-refractivity contribution in [1.29, 1.82) is 0 Å². The van der Waals surface area contributed by atoms with Crippen LogP contribution in [0.4, 0.5) is 0 Å². The molecule has 0 saturated heterocycles. The maximum absolute atomic E-state index is 12.4. The predicted octanol–water partition coefficient (Wildman–Crippen LogP) is 1.71. The summed E-state index contributed by atoms with van der Waals surface area (Å²) in [6, 6.07) is 8.31. The average molecular weight is 277 g/mol. The summed E-state index contributed by atoms with van der Waals surface area (Å²) in [5.74, 6) is -0.148. The van der Waals surface area contributed by atoms with Crippen molar-refractivity contribution in [2.24, 2.45) is 0 Å². The molecule has 1 aliphatic rings. The van der Waals surface area contributed by atoms with Crippen molar-refractivity contribution in [3.63, 3.8) is 0 Å². The lowest BCUT2D eigenvalue weighted by Gasteiger charge is -2.36. The summed E-state index contributed by atoms with van der Waals surface area (Å²) in [5, 5.41) is 3.36. The van der Waals surface area contributed by atoms with E-state index in [2.05, 4.69) is 23.5 Å². The molecule has 0 amide bonds. The highest BCUT2D eigenvalue weighted by Crippen LogP contribution is 2.29. The molecule has 2 rings (SSSR count). The van der Waals surface area contributed by atoms with Crippen LogP contribution in [0.3, 0.4) is 0 Å². The topological polar surface area (TPSA) is 47.6 Å². The molecule has 1 aliphatic carbocycles. The number of carbonyl (C=O) groups excluding carboxylic acids is 1. The number of esters is 1. The van der Waals surface area contributed by atoms with Gasteiger partial charge in [0.05, 0.1) is 13.2 Å². The maximum Gasteiger partial charge on any atom is 0.326 e. The van der Waals surface area contributed by atoms with Gasteiger partial charge >= 0.3 is 5.97 Å². The van der Waals surface area contributed by atoms with E-state index in [1.165, 1.54) is 11.1 Å². The van der Waals surface area contributed by atoms with Gasteiger partial charge in [0.1, 0.15) is 5.54 Å². The molecule has 0 bridgehead atoms. The number of benzene rings is 1. The molecule has 0 aliphatic heterocycles. The van der Waals surface area contributed by atoms with Gasteiger partial charge in [-0.15, -0.1) is 0 Å². The molecule has 4 nitrogen and oxygen atoms in total. The summed E-state index contributed by atoms with van der Waals surface area (Å²) in [7, 11) is 1.66. The van der Waals surface area contributed by atoms with E-state index in [1.54, 1.807) is 7.11 Å². The second-order valence-corrected chi connectivity index (χ2v) is 5.17. The first kappa shape index (κ1) is 15.0. The molecular weight excluding hydrogens is 254 g/mol. The van der Waals surface area contributed by atoms with Gasteiger partial charge in [0.2, 0.25) is 0 Å². The van der Waals surface area contributed by atoms with Gasteiger partial charge in [0.15, 0.2) is 0 Å². The third-order valence-electron chi connectivity index (χ3n) is 3.87. The SMILES string of the molecule is CCOC(=O)C1(NCCOC)CCc2ccccc2C1. The highest BCUT2D eigenvalue weighted by atomic mass is 16.5. The number of rotatable bonds is 6. The number of fused-ring (bicyclic) bond motifs is 1.